The van der Waals surface area contributed by atoms with E-state index in [9.17, 15) is 9.90 Å². The molecule has 7 rings (SSSR count). The van der Waals surface area contributed by atoms with Crippen molar-refractivity contribution in [2.45, 2.75) is 31.5 Å². The normalized spacial score (nSPS) is 20.5. The number of nitrogens with zero attached hydrogens (tertiary/aromatic N) is 6. The Balaban J connectivity index is 1.07. The van der Waals surface area contributed by atoms with Crippen molar-refractivity contribution < 1.29 is 19.4 Å². The van der Waals surface area contributed by atoms with E-state index in [1.54, 1.807) is 12.4 Å². The largest absolute Gasteiger partial charge is 0.392 e. The van der Waals surface area contributed by atoms with Gasteiger partial charge in [0.15, 0.2) is 6.29 Å². The molecule has 0 unspecified atom stereocenters. The predicted molar refractivity (Wildman–Crippen MR) is 173 cm³/mol. The molecule has 2 saturated heterocycles. The van der Waals surface area contributed by atoms with Crippen LogP contribution in [0.1, 0.15) is 46.0 Å². The van der Waals surface area contributed by atoms with Crippen LogP contribution >= 0.6 is 0 Å². The van der Waals surface area contributed by atoms with Crippen LogP contribution in [0.4, 0.5) is 11.6 Å². The van der Waals surface area contributed by atoms with Gasteiger partial charge >= 0.3 is 0 Å². The summed E-state index contributed by atoms with van der Waals surface area (Å²) in [7, 11) is 0. The highest BCUT2D eigenvalue weighted by Gasteiger charge is 2.34. The van der Waals surface area contributed by atoms with E-state index in [2.05, 4.69) is 35.1 Å². The van der Waals surface area contributed by atoms with Crippen molar-refractivity contribution >= 4 is 28.6 Å². The Morgan fingerprint density at radius 2 is 1.63 bits per heavy atom. The Bertz CT molecular complexity index is 1780. The summed E-state index contributed by atoms with van der Waals surface area (Å²) in [5, 5.41) is 12.5. The lowest BCUT2D eigenvalue weighted by atomic mass is 9.99. The number of carbonyl (C=O) groups excluding carboxylic acids is 1. The Labute approximate surface area is 266 Å². The molecule has 3 atom stereocenters. The summed E-state index contributed by atoms with van der Waals surface area (Å²) in [6.07, 6.45) is 4.78. The van der Waals surface area contributed by atoms with E-state index in [0.29, 0.717) is 17.6 Å². The zero-order valence-corrected chi connectivity index (χ0v) is 25.3. The van der Waals surface area contributed by atoms with Crippen molar-refractivity contribution in [3.8, 4) is 0 Å². The number of nitrogens with one attached hydrogen (secondary N) is 1. The van der Waals surface area contributed by atoms with Crippen LogP contribution in [0.25, 0.3) is 11.0 Å². The van der Waals surface area contributed by atoms with E-state index in [0.717, 1.165) is 60.9 Å². The fourth-order valence-corrected chi connectivity index (χ4v) is 5.93. The van der Waals surface area contributed by atoms with Gasteiger partial charge < -0.3 is 24.8 Å². The molecule has 0 radical (unpaired) electrons. The van der Waals surface area contributed by atoms with Crippen LogP contribution in [-0.2, 0) is 16.1 Å². The van der Waals surface area contributed by atoms with Crippen LogP contribution in [-0.4, -0.2) is 74.7 Å². The molecule has 11 nitrogen and oxygen atoms in total. The average Bonchev–Trinajstić information content (AvgIpc) is 3.12. The highest BCUT2D eigenvalue weighted by atomic mass is 16.7. The third kappa shape index (κ3) is 6.87. The Hall–Kier alpha value is -4.81. The van der Waals surface area contributed by atoms with Gasteiger partial charge in [-0.05, 0) is 41.5 Å². The Morgan fingerprint density at radius 1 is 0.848 bits per heavy atom. The maximum Gasteiger partial charge on any atom is 0.275 e. The lowest BCUT2D eigenvalue weighted by molar-refractivity contribution is -0.253. The highest BCUT2D eigenvalue weighted by Crippen LogP contribution is 2.39. The molecule has 2 N–H and O–H groups in total. The second kappa shape index (κ2) is 13.7. The van der Waals surface area contributed by atoms with Crippen molar-refractivity contribution in [2.75, 3.05) is 42.9 Å². The number of para-hydroxylation sites is 2. The lowest BCUT2D eigenvalue weighted by Gasteiger charge is -2.40. The zero-order valence-electron chi connectivity index (χ0n) is 25.3. The first-order chi connectivity index (χ1) is 22.6. The van der Waals surface area contributed by atoms with Gasteiger partial charge in [-0.25, -0.2) is 15.0 Å². The molecular weight excluding hydrogens is 582 g/mol. The maximum atomic E-state index is 13.1. The second-order valence-corrected chi connectivity index (χ2v) is 11.5. The van der Waals surface area contributed by atoms with Gasteiger partial charge in [0.2, 0.25) is 5.95 Å². The fourth-order valence-electron chi connectivity index (χ4n) is 5.93. The molecule has 11 heteroatoms. The van der Waals surface area contributed by atoms with Crippen LogP contribution in [0.3, 0.4) is 0 Å². The number of aromatic nitrogens is 4. The number of hydrogen-bond acceptors (Lipinski definition) is 10. The molecule has 46 heavy (non-hydrogen) atoms. The molecule has 234 valence electrons. The number of ether oxygens (including phenoxy) is 2. The molecule has 2 aliphatic rings. The second-order valence-electron chi connectivity index (χ2n) is 11.5. The van der Waals surface area contributed by atoms with Gasteiger partial charge in [-0.1, -0.05) is 48.5 Å². The number of aliphatic hydroxyl groups excluding tert-OH is 1. The van der Waals surface area contributed by atoms with E-state index in [4.69, 9.17) is 9.47 Å². The zero-order chi connectivity index (χ0) is 31.3. The van der Waals surface area contributed by atoms with Crippen molar-refractivity contribution in [1.82, 2.24) is 24.8 Å². The molecule has 0 aliphatic carbocycles. The number of anilines is 2. The molecule has 4 heterocycles. The lowest BCUT2D eigenvalue weighted by Crippen LogP contribution is -2.50. The molecule has 5 aromatic rings. The number of piperazine rings is 1. The quantitative estimate of drug-likeness (QED) is 0.257. The number of benzene rings is 3. The van der Waals surface area contributed by atoms with E-state index >= 15 is 0 Å². The first-order valence-corrected chi connectivity index (χ1v) is 15.5. The summed E-state index contributed by atoms with van der Waals surface area (Å²) in [6, 6.07) is 24.7. The first-order valence-electron chi connectivity index (χ1n) is 15.5. The molecule has 1 amide bonds. The van der Waals surface area contributed by atoms with Crippen LogP contribution < -0.4 is 10.2 Å². The topological polar surface area (TPSA) is 126 Å². The van der Waals surface area contributed by atoms with Gasteiger partial charge in [0.1, 0.15) is 5.69 Å². The summed E-state index contributed by atoms with van der Waals surface area (Å²) in [6.45, 7) is 4.17. The van der Waals surface area contributed by atoms with Crippen molar-refractivity contribution in [3.05, 3.63) is 120 Å². The predicted octanol–water partition coefficient (Wildman–Crippen LogP) is 4.53. The van der Waals surface area contributed by atoms with Gasteiger partial charge in [-0.2, -0.15) is 0 Å². The average molecular weight is 618 g/mol. The SMILES string of the molecule is O=C(Nc1cccc([C@@H]2O[C@H](CN3CCN(c4ncccn4)CC3)C[C@H](c3ccc(CO)cc3)O2)c1)c1cnc2ccccc2n1. The third-order valence-electron chi connectivity index (χ3n) is 8.38. The highest BCUT2D eigenvalue weighted by molar-refractivity contribution is 6.03. The standard InChI is InChI=1S/C35H35N7O4/c43-23-24-9-11-25(12-10-24)32-20-28(22-41-15-17-42(18-16-41)35-36-13-4-14-37-35)45-34(46-32)26-5-3-6-27(19-26)39-33(44)31-21-38-29-7-1-2-8-30(29)40-31/h1-14,19,21,28,32,34,43H,15-18,20,22-23H2,(H,39,44)/t28-,32+,34+/m0/s1. The number of amides is 1. The number of aliphatic hydroxyl groups is 1. The molecular formula is C35H35N7O4. The van der Waals surface area contributed by atoms with E-state index in [1.807, 2.05) is 78.9 Å². The summed E-state index contributed by atoms with van der Waals surface area (Å²) in [5.41, 5.74) is 4.91. The molecule has 2 aliphatic heterocycles. The molecule has 0 spiro atoms. The van der Waals surface area contributed by atoms with E-state index in [1.165, 1.54) is 6.20 Å². The minimum Gasteiger partial charge on any atom is -0.392 e. The van der Waals surface area contributed by atoms with Crippen molar-refractivity contribution in [2.24, 2.45) is 0 Å². The smallest absolute Gasteiger partial charge is 0.275 e. The first kappa shape index (κ1) is 29.9. The van der Waals surface area contributed by atoms with Gasteiger partial charge in [0.25, 0.3) is 5.91 Å². The minimum atomic E-state index is -0.641. The van der Waals surface area contributed by atoms with Crippen LogP contribution in [0, 0.1) is 0 Å². The molecule has 0 saturated carbocycles. The molecule has 3 aromatic carbocycles. The van der Waals surface area contributed by atoms with Gasteiger partial charge in [-0.3, -0.25) is 14.7 Å². The fraction of sp³-hybridized carbons (Fsp3) is 0.286. The summed E-state index contributed by atoms with van der Waals surface area (Å²) in [5.74, 6) is 0.413. The van der Waals surface area contributed by atoms with Crippen LogP contribution in [0.15, 0.2) is 97.5 Å². The third-order valence-corrected chi connectivity index (χ3v) is 8.38. The Morgan fingerprint density at radius 3 is 2.41 bits per heavy atom. The number of hydrogen-bond donors (Lipinski definition) is 2. The summed E-state index contributed by atoms with van der Waals surface area (Å²) in [4.78, 5) is 35.4. The van der Waals surface area contributed by atoms with Crippen molar-refractivity contribution in [3.63, 3.8) is 0 Å². The molecule has 0 bridgehead atoms. The summed E-state index contributed by atoms with van der Waals surface area (Å²) < 4.78 is 13.2. The molecule has 2 fully saturated rings. The minimum absolute atomic E-state index is 0.0105. The number of fused-ring (bicyclic) bond motifs is 1. The van der Waals surface area contributed by atoms with Crippen molar-refractivity contribution in [1.29, 1.82) is 0 Å². The van der Waals surface area contributed by atoms with Crippen LogP contribution in [0.2, 0.25) is 0 Å². The van der Waals surface area contributed by atoms with Gasteiger partial charge in [0, 0.05) is 62.8 Å². The summed E-state index contributed by atoms with van der Waals surface area (Å²) >= 11 is 0. The maximum absolute atomic E-state index is 13.1. The number of rotatable bonds is 8. The Kier molecular flexibility index (Phi) is 8.88. The van der Waals surface area contributed by atoms with E-state index < -0.39 is 6.29 Å². The van der Waals surface area contributed by atoms with Crippen LogP contribution in [0.5, 0.6) is 0 Å². The number of carbonyl (C=O) groups is 1. The van der Waals surface area contributed by atoms with Gasteiger partial charge in [0.05, 0.1) is 36.0 Å². The molecule has 2 aromatic heterocycles. The monoisotopic (exact) mass is 617 g/mol. The van der Waals surface area contributed by atoms with E-state index in [-0.39, 0.29) is 30.4 Å². The van der Waals surface area contributed by atoms with Gasteiger partial charge in [-0.15, -0.1) is 0 Å².